The molecule has 46 heavy (non-hydrogen) atoms. The highest BCUT2D eigenvalue weighted by Gasteiger charge is 2.37. The van der Waals surface area contributed by atoms with Crippen LogP contribution in [0.2, 0.25) is 0 Å². The Bertz CT molecular complexity index is 2240. The van der Waals surface area contributed by atoms with Crippen LogP contribution in [0.25, 0.3) is 38.3 Å². The van der Waals surface area contributed by atoms with Gasteiger partial charge >= 0.3 is 0 Å². The maximum atomic E-state index is 5.34. The van der Waals surface area contributed by atoms with Crippen molar-refractivity contribution in [2.45, 2.75) is 50.9 Å². The van der Waals surface area contributed by atoms with Crippen LogP contribution in [0.3, 0.4) is 0 Å². The number of benzene rings is 6. The quantitative estimate of drug-likeness (QED) is 0.217. The monoisotopic (exact) mass is 594 g/mol. The number of fused-ring (bicyclic) bond motifs is 7. The first-order valence-electron chi connectivity index (χ1n) is 16.3. The van der Waals surface area contributed by atoms with Gasteiger partial charge in [-0.2, -0.15) is 0 Å². The molecule has 2 atom stereocenters. The summed E-state index contributed by atoms with van der Waals surface area (Å²) in [5, 5.41) is 11.6. The predicted octanol–water partition coefficient (Wildman–Crippen LogP) is 10.6. The maximum absolute atomic E-state index is 5.34. The van der Waals surface area contributed by atoms with Gasteiger partial charge in [0.15, 0.2) is 0 Å². The molecule has 6 aromatic carbocycles. The Morgan fingerprint density at radius 3 is 1.80 bits per heavy atom. The van der Waals surface area contributed by atoms with Crippen molar-refractivity contribution in [3.8, 4) is 22.3 Å². The highest BCUT2D eigenvalue weighted by atomic mass is 15.3. The zero-order valence-corrected chi connectivity index (χ0v) is 26.7. The summed E-state index contributed by atoms with van der Waals surface area (Å²) in [5.74, 6) is 0.791. The molecule has 1 N–H and O–H groups in total. The van der Waals surface area contributed by atoms with Gasteiger partial charge in [0.25, 0.3) is 0 Å². The normalized spacial score (nSPS) is 19.9. The Morgan fingerprint density at radius 2 is 1.09 bits per heavy atom. The third-order valence-electron chi connectivity index (χ3n) is 10.7. The van der Waals surface area contributed by atoms with Gasteiger partial charge in [-0.05, 0) is 78.0 Å². The molecule has 3 nitrogen and oxygen atoms in total. The molecule has 0 radical (unpaired) electrons. The van der Waals surface area contributed by atoms with Gasteiger partial charge in [0.2, 0.25) is 0 Å². The van der Waals surface area contributed by atoms with E-state index in [2.05, 4.69) is 160 Å². The summed E-state index contributed by atoms with van der Waals surface area (Å²) in [6.07, 6.45) is -0.480. The zero-order valence-electron chi connectivity index (χ0n) is 26.7. The van der Waals surface area contributed by atoms with E-state index in [1.165, 1.54) is 55.3 Å². The molecule has 1 aliphatic heterocycles. The number of nitrogens with zero attached hydrogens (tertiary/aromatic N) is 2. The average molecular weight is 595 g/mol. The fourth-order valence-corrected chi connectivity index (χ4v) is 8.11. The van der Waals surface area contributed by atoms with Crippen LogP contribution in [0.1, 0.15) is 79.0 Å². The lowest BCUT2D eigenvalue weighted by molar-refractivity contribution is 0.488. The Balaban J connectivity index is 1.15. The van der Waals surface area contributed by atoms with Crippen molar-refractivity contribution in [1.82, 2.24) is 5.32 Å². The van der Waals surface area contributed by atoms with Gasteiger partial charge in [0.1, 0.15) is 0 Å². The summed E-state index contributed by atoms with van der Waals surface area (Å²) in [7, 11) is 0. The second-order valence-corrected chi connectivity index (χ2v) is 14.1. The SMILES string of the molecule is CC1(C)c2ccccc2-c2ccc(C3=NC(c4ccc5ccccc5c4)NC(c4ccc5c(c4)C(C)(C)c4ccccc4-5)[N-]3)cc21. The van der Waals surface area contributed by atoms with E-state index >= 15 is 0 Å². The Labute approximate surface area is 271 Å². The lowest BCUT2D eigenvalue weighted by atomic mass is 9.81. The van der Waals surface area contributed by atoms with Crippen molar-refractivity contribution in [2.75, 3.05) is 0 Å². The van der Waals surface area contributed by atoms with E-state index < -0.39 is 0 Å². The first-order valence-corrected chi connectivity index (χ1v) is 16.3. The van der Waals surface area contributed by atoms with Gasteiger partial charge in [0, 0.05) is 23.2 Å². The highest BCUT2D eigenvalue weighted by Crippen LogP contribution is 2.51. The molecular formula is C43H36N3-. The van der Waals surface area contributed by atoms with Crippen molar-refractivity contribution in [1.29, 1.82) is 0 Å². The number of amidine groups is 1. The first kappa shape index (κ1) is 27.3. The second-order valence-electron chi connectivity index (χ2n) is 14.1. The molecule has 0 bridgehead atoms. The van der Waals surface area contributed by atoms with Gasteiger partial charge < -0.3 is 15.6 Å². The lowest BCUT2D eigenvalue weighted by Gasteiger charge is -2.41. The minimum atomic E-state index is -0.243. The van der Waals surface area contributed by atoms with Gasteiger partial charge in [-0.3, -0.25) is 0 Å². The standard InChI is InChI=1S/C43H36N3/c1-42(2)35-15-9-7-13-31(35)33-21-19-29(24-37(33)42)40-44-39(28-18-17-26-11-5-6-12-27(26)23-28)45-41(46-40)30-20-22-34-32-14-8-10-16-36(32)43(3,4)38(34)25-30/h5-25,39-40,44H,1-4H3/q-1. The highest BCUT2D eigenvalue weighted by molar-refractivity contribution is 6.10. The van der Waals surface area contributed by atoms with Crippen molar-refractivity contribution < 1.29 is 0 Å². The average Bonchev–Trinajstić information content (AvgIpc) is 3.47. The Hall–Kier alpha value is -4.99. The lowest BCUT2D eigenvalue weighted by Crippen LogP contribution is -2.32. The van der Waals surface area contributed by atoms with Gasteiger partial charge in [-0.1, -0.05) is 155 Å². The fraction of sp³-hybridized carbons (Fsp3) is 0.186. The van der Waals surface area contributed by atoms with Crippen molar-refractivity contribution in [2.24, 2.45) is 4.99 Å². The second kappa shape index (κ2) is 9.75. The van der Waals surface area contributed by atoms with Crippen LogP contribution in [0.4, 0.5) is 0 Å². The molecule has 2 unspecified atom stereocenters. The molecule has 0 saturated carbocycles. The van der Waals surface area contributed by atoms with Crippen molar-refractivity contribution in [3.05, 3.63) is 172 Å². The van der Waals surface area contributed by atoms with E-state index in [9.17, 15) is 0 Å². The predicted molar refractivity (Wildman–Crippen MR) is 190 cm³/mol. The molecule has 0 saturated heterocycles. The van der Waals surface area contributed by atoms with E-state index in [1.54, 1.807) is 0 Å². The summed E-state index contributed by atoms with van der Waals surface area (Å²) < 4.78 is 0. The van der Waals surface area contributed by atoms with E-state index in [0.29, 0.717) is 0 Å². The van der Waals surface area contributed by atoms with Crippen LogP contribution >= 0.6 is 0 Å². The topological polar surface area (TPSA) is 38.5 Å². The molecule has 224 valence electrons. The molecule has 3 aliphatic rings. The van der Waals surface area contributed by atoms with E-state index in [-0.39, 0.29) is 23.2 Å². The first-order chi connectivity index (χ1) is 22.3. The van der Waals surface area contributed by atoms with Crippen LogP contribution in [0.5, 0.6) is 0 Å². The minimum absolute atomic E-state index is 0.0775. The largest absolute Gasteiger partial charge is 0.445 e. The molecule has 0 spiro atoms. The summed E-state index contributed by atoms with van der Waals surface area (Å²) >= 11 is 0. The number of hydrogen-bond acceptors (Lipinski definition) is 2. The molecule has 0 fully saturated rings. The van der Waals surface area contributed by atoms with E-state index in [4.69, 9.17) is 10.3 Å². The number of aliphatic imine (C=N–C) groups is 1. The van der Waals surface area contributed by atoms with Crippen LogP contribution in [0.15, 0.2) is 132 Å². The van der Waals surface area contributed by atoms with Crippen LogP contribution in [0, 0.1) is 0 Å². The molecule has 6 aromatic rings. The molecule has 1 heterocycles. The smallest absolute Gasteiger partial charge is 0.0378 e. The third-order valence-corrected chi connectivity index (χ3v) is 10.7. The molecule has 0 amide bonds. The summed E-state index contributed by atoms with van der Waals surface area (Å²) in [4.78, 5) is 5.30. The molecule has 3 heteroatoms. The summed E-state index contributed by atoms with van der Waals surface area (Å²) in [6.45, 7) is 9.32. The van der Waals surface area contributed by atoms with Gasteiger partial charge in [-0.15, -0.1) is 0 Å². The number of hydrogen-bond donors (Lipinski definition) is 1. The fourth-order valence-electron chi connectivity index (χ4n) is 8.11. The van der Waals surface area contributed by atoms with E-state index in [0.717, 1.165) is 22.5 Å². The number of nitrogens with one attached hydrogen (secondary N) is 1. The summed E-state index contributed by atoms with van der Waals surface area (Å²) in [5.41, 5.74) is 13.9. The molecule has 0 aromatic heterocycles. The van der Waals surface area contributed by atoms with Crippen molar-refractivity contribution >= 4 is 16.6 Å². The Kier molecular flexibility index (Phi) is 5.80. The van der Waals surface area contributed by atoms with Gasteiger partial charge in [-0.25, -0.2) is 0 Å². The van der Waals surface area contributed by atoms with Crippen molar-refractivity contribution in [3.63, 3.8) is 0 Å². The van der Waals surface area contributed by atoms with Crippen LogP contribution in [-0.4, -0.2) is 5.84 Å². The van der Waals surface area contributed by atoms with E-state index in [1.807, 2.05) is 0 Å². The maximum Gasteiger partial charge on any atom is 0.0378 e. The molecular weight excluding hydrogens is 558 g/mol. The van der Waals surface area contributed by atoms with Crippen LogP contribution in [-0.2, 0) is 10.8 Å². The molecule has 2 aliphatic carbocycles. The third kappa shape index (κ3) is 3.98. The number of rotatable bonds is 3. The summed E-state index contributed by atoms with van der Waals surface area (Å²) in [6, 6.07) is 46.5. The van der Waals surface area contributed by atoms with Crippen LogP contribution < -0.4 is 5.32 Å². The van der Waals surface area contributed by atoms with Gasteiger partial charge in [0.05, 0.1) is 0 Å². The molecule has 9 rings (SSSR count). The minimum Gasteiger partial charge on any atom is -0.445 e. The zero-order chi connectivity index (χ0) is 31.2. The Morgan fingerprint density at radius 1 is 0.522 bits per heavy atom.